The van der Waals surface area contributed by atoms with Crippen LogP contribution in [0, 0.1) is 0 Å². The fourth-order valence-corrected chi connectivity index (χ4v) is 2.81. The fourth-order valence-electron chi connectivity index (χ4n) is 1.51. The van der Waals surface area contributed by atoms with E-state index in [0.29, 0.717) is 32.3 Å². The zero-order valence-electron chi connectivity index (χ0n) is 9.46. The summed E-state index contributed by atoms with van der Waals surface area (Å²) < 4.78 is 30.8. The summed E-state index contributed by atoms with van der Waals surface area (Å²) >= 11 is 0. The Hall–Kier alpha value is -1.25. The monoisotopic (exact) mass is 258 g/mol. The lowest BCUT2D eigenvalue weighted by molar-refractivity contribution is 0.0730. The third kappa shape index (κ3) is 2.54. The second-order valence-electron chi connectivity index (χ2n) is 3.51. The van der Waals surface area contributed by atoms with Gasteiger partial charge >= 0.3 is 0 Å². The minimum Gasteiger partial charge on any atom is -0.379 e. The van der Waals surface area contributed by atoms with Gasteiger partial charge in [-0.2, -0.15) is 4.31 Å². The second-order valence-corrected chi connectivity index (χ2v) is 5.45. The molecule has 1 fully saturated rings. The van der Waals surface area contributed by atoms with Gasteiger partial charge in [-0.3, -0.25) is 0 Å². The molecule has 0 radical (unpaired) electrons. The van der Waals surface area contributed by atoms with Gasteiger partial charge < -0.3 is 10.1 Å². The van der Waals surface area contributed by atoms with E-state index in [1.807, 2.05) is 0 Å². The lowest BCUT2D eigenvalue weighted by Crippen LogP contribution is -2.40. The van der Waals surface area contributed by atoms with Crippen LogP contribution in [0.25, 0.3) is 0 Å². The van der Waals surface area contributed by atoms with Crippen molar-refractivity contribution >= 4 is 16.0 Å². The van der Waals surface area contributed by atoms with E-state index in [2.05, 4.69) is 15.3 Å². The summed E-state index contributed by atoms with van der Waals surface area (Å²) in [5.41, 5.74) is 0. The third-order valence-electron chi connectivity index (χ3n) is 2.46. The van der Waals surface area contributed by atoms with E-state index >= 15 is 0 Å². The molecule has 0 amide bonds. The molecular weight excluding hydrogens is 244 g/mol. The Kier molecular flexibility index (Phi) is 3.55. The van der Waals surface area contributed by atoms with Crippen molar-refractivity contribution in [3.63, 3.8) is 0 Å². The van der Waals surface area contributed by atoms with Crippen LogP contribution in [0.15, 0.2) is 17.3 Å². The van der Waals surface area contributed by atoms with Gasteiger partial charge in [-0.25, -0.2) is 18.4 Å². The van der Waals surface area contributed by atoms with Crippen LogP contribution < -0.4 is 5.32 Å². The molecule has 94 valence electrons. The number of hydrogen-bond donors (Lipinski definition) is 1. The first kappa shape index (κ1) is 12.2. The molecule has 7 nitrogen and oxygen atoms in total. The number of rotatable bonds is 3. The van der Waals surface area contributed by atoms with E-state index in [-0.39, 0.29) is 4.90 Å². The average molecular weight is 258 g/mol. The highest BCUT2D eigenvalue weighted by atomic mass is 32.2. The maximum absolute atomic E-state index is 12.2. The van der Waals surface area contributed by atoms with E-state index < -0.39 is 10.0 Å². The SMILES string of the molecule is CNc1ncc(S(=O)(=O)N2CCOCC2)cn1. The predicted octanol–water partition coefficient (Wildman–Crippen LogP) is -0.461. The van der Waals surface area contributed by atoms with Gasteiger partial charge in [-0.15, -0.1) is 0 Å². The Morgan fingerprint density at radius 2 is 1.88 bits per heavy atom. The van der Waals surface area contributed by atoms with Gasteiger partial charge in [0.05, 0.1) is 25.6 Å². The Morgan fingerprint density at radius 3 is 2.41 bits per heavy atom. The van der Waals surface area contributed by atoms with Crippen LogP contribution in [0.2, 0.25) is 0 Å². The number of hydrogen-bond acceptors (Lipinski definition) is 6. The largest absolute Gasteiger partial charge is 0.379 e. The molecule has 0 aromatic carbocycles. The molecule has 0 saturated carbocycles. The quantitative estimate of drug-likeness (QED) is 0.789. The standard InChI is InChI=1S/C9H14N4O3S/c1-10-9-11-6-8(7-12-9)17(14,15)13-2-4-16-5-3-13/h6-7H,2-5H2,1H3,(H,10,11,12). The molecule has 0 spiro atoms. The number of nitrogens with zero attached hydrogens (tertiary/aromatic N) is 3. The summed E-state index contributed by atoms with van der Waals surface area (Å²) in [5, 5.41) is 2.73. The van der Waals surface area contributed by atoms with E-state index in [9.17, 15) is 8.42 Å². The molecule has 1 aliphatic heterocycles. The molecule has 0 aliphatic carbocycles. The molecule has 1 N–H and O–H groups in total. The molecule has 0 bridgehead atoms. The van der Waals surface area contributed by atoms with E-state index in [0.717, 1.165) is 0 Å². The van der Waals surface area contributed by atoms with Gasteiger partial charge in [0.2, 0.25) is 16.0 Å². The number of nitrogens with one attached hydrogen (secondary N) is 1. The van der Waals surface area contributed by atoms with Gasteiger partial charge in [0.15, 0.2) is 0 Å². The Bertz CT molecular complexity index is 468. The van der Waals surface area contributed by atoms with Crippen LogP contribution in [-0.4, -0.2) is 56.0 Å². The minimum absolute atomic E-state index is 0.110. The van der Waals surface area contributed by atoms with Crippen molar-refractivity contribution < 1.29 is 13.2 Å². The maximum atomic E-state index is 12.2. The summed E-state index contributed by atoms with van der Waals surface area (Å²) in [6.45, 7) is 1.59. The molecule has 0 atom stereocenters. The molecule has 2 heterocycles. The van der Waals surface area contributed by atoms with Crippen molar-refractivity contribution in [2.45, 2.75) is 4.90 Å². The normalized spacial score (nSPS) is 17.9. The number of anilines is 1. The van der Waals surface area contributed by atoms with Gasteiger partial charge in [-0.1, -0.05) is 0 Å². The number of morpholine rings is 1. The molecule has 1 aromatic rings. The molecule has 2 rings (SSSR count). The molecule has 1 aromatic heterocycles. The predicted molar refractivity (Wildman–Crippen MR) is 61.2 cm³/mol. The Balaban J connectivity index is 2.23. The lowest BCUT2D eigenvalue weighted by Gasteiger charge is -2.25. The zero-order chi connectivity index (χ0) is 12.3. The second kappa shape index (κ2) is 4.94. The smallest absolute Gasteiger partial charge is 0.246 e. The number of ether oxygens (including phenoxy) is 1. The summed E-state index contributed by atoms with van der Waals surface area (Å²) in [7, 11) is -1.81. The van der Waals surface area contributed by atoms with Crippen molar-refractivity contribution in [2.24, 2.45) is 0 Å². The van der Waals surface area contributed by atoms with E-state index in [4.69, 9.17) is 4.74 Å². The van der Waals surface area contributed by atoms with Gasteiger partial charge in [0.25, 0.3) is 0 Å². The van der Waals surface area contributed by atoms with Crippen LogP contribution >= 0.6 is 0 Å². The van der Waals surface area contributed by atoms with Crippen LogP contribution in [0.4, 0.5) is 5.95 Å². The highest BCUT2D eigenvalue weighted by Crippen LogP contribution is 2.15. The van der Waals surface area contributed by atoms with Gasteiger partial charge in [0.1, 0.15) is 4.90 Å². The first-order chi connectivity index (χ1) is 8.14. The summed E-state index contributed by atoms with van der Waals surface area (Å²) in [4.78, 5) is 7.91. The van der Waals surface area contributed by atoms with Gasteiger partial charge in [-0.05, 0) is 0 Å². The first-order valence-electron chi connectivity index (χ1n) is 5.22. The van der Waals surface area contributed by atoms with Gasteiger partial charge in [0, 0.05) is 20.1 Å². The molecule has 8 heteroatoms. The van der Waals surface area contributed by atoms with Crippen molar-refractivity contribution in [3.8, 4) is 0 Å². The minimum atomic E-state index is -3.49. The molecule has 17 heavy (non-hydrogen) atoms. The van der Waals surface area contributed by atoms with Crippen LogP contribution in [-0.2, 0) is 14.8 Å². The topological polar surface area (TPSA) is 84.4 Å². The van der Waals surface area contributed by atoms with Crippen molar-refractivity contribution in [1.29, 1.82) is 0 Å². The first-order valence-corrected chi connectivity index (χ1v) is 6.66. The lowest BCUT2D eigenvalue weighted by atomic mass is 10.5. The number of aromatic nitrogens is 2. The van der Waals surface area contributed by atoms with Crippen LogP contribution in [0.5, 0.6) is 0 Å². The van der Waals surface area contributed by atoms with Crippen molar-refractivity contribution in [1.82, 2.24) is 14.3 Å². The molecule has 0 unspecified atom stereocenters. The maximum Gasteiger partial charge on any atom is 0.246 e. The summed E-state index contributed by atoms with van der Waals surface area (Å²) in [6.07, 6.45) is 2.62. The molecular formula is C9H14N4O3S. The molecule has 1 saturated heterocycles. The average Bonchev–Trinajstić information content (AvgIpc) is 2.40. The summed E-state index contributed by atoms with van der Waals surface area (Å²) in [5.74, 6) is 0.394. The highest BCUT2D eigenvalue weighted by Gasteiger charge is 2.26. The van der Waals surface area contributed by atoms with Crippen LogP contribution in [0.3, 0.4) is 0 Å². The van der Waals surface area contributed by atoms with E-state index in [1.54, 1.807) is 7.05 Å². The van der Waals surface area contributed by atoms with E-state index in [1.165, 1.54) is 16.7 Å². The van der Waals surface area contributed by atoms with Crippen molar-refractivity contribution in [3.05, 3.63) is 12.4 Å². The van der Waals surface area contributed by atoms with Crippen molar-refractivity contribution in [2.75, 3.05) is 38.7 Å². The number of sulfonamides is 1. The Labute approximate surface area is 99.9 Å². The highest BCUT2D eigenvalue weighted by molar-refractivity contribution is 7.89. The fraction of sp³-hybridized carbons (Fsp3) is 0.556. The van der Waals surface area contributed by atoms with Crippen LogP contribution in [0.1, 0.15) is 0 Å². The third-order valence-corrected chi connectivity index (χ3v) is 4.31. The Morgan fingerprint density at radius 1 is 1.29 bits per heavy atom. The summed E-state index contributed by atoms with van der Waals surface area (Å²) in [6, 6.07) is 0. The zero-order valence-corrected chi connectivity index (χ0v) is 10.3. The molecule has 1 aliphatic rings.